The van der Waals surface area contributed by atoms with Gasteiger partial charge in [0.15, 0.2) is 0 Å². The van der Waals surface area contributed by atoms with Crippen LogP contribution in [-0.4, -0.2) is 30.0 Å². The molecule has 4 heteroatoms. The second kappa shape index (κ2) is 7.27. The van der Waals surface area contributed by atoms with E-state index in [1.165, 1.54) is 12.8 Å². The van der Waals surface area contributed by atoms with Gasteiger partial charge in [-0.2, -0.15) is 11.8 Å². The molecule has 17 heavy (non-hydrogen) atoms. The van der Waals surface area contributed by atoms with Crippen LogP contribution in [0.1, 0.15) is 39.5 Å². The monoisotopic (exact) mass is 258 g/mol. The van der Waals surface area contributed by atoms with Crippen molar-refractivity contribution in [2.45, 2.75) is 51.6 Å². The Morgan fingerprint density at radius 2 is 2.18 bits per heavy atom. The summed E-state index contributed by atoms with van der Waals surface area (Å²) in [5.41, 5.74) is 5.88. The fraction of sp³-hybridized carbons (Fsp3) is 0.923. The SMILES string of the molecule is CSCC[C@H](N)C(=O)NC1CCCC(C)C1C. The highest BCUT2D eigenvalue weighted by Crippen LogP contribution is 2.29. The maximum absolute atomic E-state index is 11.9. The van der Waals surface area contributed by atoms with Crippen molar-refractivity contribution in [3.05, 3.63) is 0 Å². The Hall–Kier alpha value is -0.220. The summed E-state index contributed by atoms with van der Waals surface area (Å²) in [4.78, 5) is 11.9. The number of thioether (sulfide) groups is 1. The summed E-state index contributed by atoms with van der Waals surface area (Å²) < 4.78 is 0. The Balaban J connectivity index is 2.39. The van der Waals surface area contributed by atoms with Crippen LogP contribution in [0.2, 0.25) is 0 Å². The minimum absolute atomic E-state index is 0.0324. The molecule has 1 fully saturated rings. The first kappa shape index (κ1) is 14.8. The number of rotatable bonds is 5. The van der Waals surface area contributed by atoms with Gasteiger partial charge in [0, 0.05) is 6.04 Å². The topological polar surface area (TPSA) is 55.1 Å². The van der Waals surface area contributed by atoms with E-state index in [9.17, 15) is 4.79 Å². The zero-order chi connectivity index (χ0) is 12.8. The van der Waals surface area contributed by atoms with Crippen LogP contribution in [0.25, 0.3) is 0 Å². The van der Waals surface area contributed by atoms with Crippen molar-refractivity contribution >= 4 is 17.7 Å². The van der Waals surface area contributed by atoms with Crippen LogP contribution in [-0.2, 0) is 4.79 Å². The van der Waals surface area contributed by atoms with Crippen molar-refractivity contribution in [2.24, 2.45) is 17.6 Å². The molecular weight excluding hydrogens is 232 g/mol. The number of nitrogens with two attached hydrogens (primary N) is 1. The van der Waals surface area contributed by atoms with Gasteiger partial charge < -0.3 is 11.1 Å². The molecule has 1 aliphatic carbocycles. The largest absolute Gasteiger partial charge is 0.352 e. The fourth-order valence-electron chi connectivity index (χ4n) is 2.45. The smallest absolute Gasteiger partial charge is 0.237 e. The second-order valence-electron chi connectivity index (χ2n) is 5.27. The first-order valence-electron chi connectivity index (χ1n) is 6.61. The van der Waals surface area contributed by atoms with E-state index in [2.05, 4.69) is 19.2 Å². The molecule has 0 spiro atoms. The zero-order valence-corrected chi connectivity index (χ0v) is 12.1. The lowest BCUT2D eigenvalue weighted by Crippen LogP contribution is -2.49. The van der Waals surface area contributed by atoms with Gasteiger partial charge in [-0.3, -0.25) is 4.79 Å². The molecule has 1 amide bonds. The van der Waals surface area contributed by atoms with Crippen molar-refractivity contribution in [3.8, 4) is 0 Å². The van der Waals surface area contributed by atoms with Crippen LogP contribution >= 0.6 is 11.8 Å². The van der Waals surface area contributed by atoms with Gasteiger partial charge >= 0.3 is 0 Å². The number of carbonyl (C=O) groups excluding carboxylic acids is 1. The molecule has 3 unspecified atom stereocenters. The van der Waals surface area contributed by atoms with E-state index in [0.717, 1.165) is 18.6 Å². The Bertz CT molecular complexity index is 248. The first-order chi connectivity index (χ1) is 8.06. The summed E-state index contributed by atoms with van der Waals surface area (Å²) in [7, 11) is 0. The average Bonchev–Trinajstić information content (AvgIpc) is 2.31. The van der Waals surface area contributed by atoms with Gasteiger partial charge in [0.1, 0.15) is 0 Å². The number of amides is 1. The van der Waals surface area contributed by atoms with E-state index in [0.29, 0.717) is 17.9 Å². The molecule has 4 atom stereocenters. The molecule has 3 N–H and O–H groups in total. The molecule has 0 aliphatic heterocycles. The van der Waals surface area contributed by atoms with Gasteiger partial charge in [0.2, 0.25) is 5.91 Å². The predicted octanol–water partition coefficient (Wildman–Crippen LogP) is 2.01. The van der Waals surface area contributed by atoms with Gasteiger partial charge in [-0.1, -0.05) is 26.7 Å². The Morgan fingerprint density at radius 1 is 1.47 bits per heavy atom. The minimum atomic E-state index is -0.341. The van der Waals surface area contributed by atoms with Crippen molar-refractivity contribution < 1.29 is 4.79 Å². The van der Waals surface area contributed by atoms with Crippen LogP contribution in [0.3, 0.4) is 0 Å². The predicted molar refractivity (Wildman–Crippen MR) is 75.1 cm³/mol. The third-order valence-corrected chi connectivity index (χ3v) is 4.65. The highest BCUT2D eigenvalue weighted by atomic mass is 32.2. The van der Waals surface area contributed by atoms with Crippen molar-refractivity contribution in [2.75, 3.05) is 12.0 Å². The molecule has 0 saturated heterocycles. The van der Waals surface area contributed by atoms with Crippen LogP contribution in [0.5, 0.6) is 0 Å². The van der Waals surface area contributed by atoms with Crippen LogP contribution in [0.15, 0.2) is 0 Å². The highest BCUT2D eigenvalue weighted by molar-refractivity contribution is 7.98. The lowest BCUT2D eigenvalue weighted by Gasteiger charge is -2.35. The summed E-state index contributed by atoms with van der Waals surface area (Å²) in [5, 5.41) is 3.13. The molecule has 0 bridgehead atoms. The highest BCUT2D eigenvalue weighted by Gasteiger charge is 2.29. The zero-order valence-electron chi connectivity index (χ0n) is 11.2. The van der Waals surface area contributed by atoms with Crippen molar-refractivity contribution in [1.82, 2.24) is 5.32 Å². The minimum Gasteiger partial charge on any atom is -0.352 e. The molecule has 1 aliphatic rings. The summed E-state index contributed by atoms with van der Waals surface area (Å²) in [6.07, 6.45) is 6.41. The summed E-state index contributed by atoms with van der Waals surface area (Å²) in [5.74, 6) is 2.26. The molecule has 0 heterocycles. The third-order valence-electron chi connectivity index (χ3n) is 4.00. The fourth-order valence-corrected chi connectivity index (χ4v) is 2.94. The molecule has 0 radical (unpaired) electrons. The van der Waals surface area contributed by atoms with E-state index in [-0.39, 0.29) is 11.9 Å². The molecule has 0 aromatic heterocycles. The molecule has 0 aromatic carbocycles. The van der Waals surface area contributed by atoms with Gasteiger partial charge in [0.05, 0.1) is 6.04 Å². The van der Waals surface area contributed by atoms with Gasteiger partial charge in [-0.15, -0.1) is 0 Å². The summed E-state index contributed by atoms with van der Waals surface area (Å²) >= 11 is 1.73. The van der Waals surface area contributed by atoms with E-state index < -0.39 is 0 Å². The van der Waals surface area contributed by atoms with Crippen LogP contribution in [0, 0.1) is 11.8 Å². The lowest BCUT2D eigenvalue weighted by molar-refractivity contribution is -0.123. The quantitative estimate of drug-likeness (QED) is 0.793. The van der Waals surface area contributed by atoms with E-state index in [1.54, 1.807) is 11.8 Å². The Kier molecular flexibility index (Phi) is 6.34. The molecule has 100 valence electrons. The maximum atomic E-state index is 11.9. The third kappa shape index (κ3) is 4.51. The second-order valence-corrected chi connectivity index (χ2v) is 6.26. The van der Waals surface area contributed by atoms with Gasteiger partial charge in [-0.25, -0.2) is 0 Å². The molecule has 1 saturated carbocycles. The number of hydrogen-bond acceptors (Lipinski definition) is 3. The molecular formula is C13H26N2OS. The van der Waals surface area contributed by atoms with Gasteiger partial charge in [0.25, 0.3) is 0 Å². The standard InChI is InChI=1S/C13H26N2OS/c1-9-5-4-6-12(10(9)2)15-13(16)11(14)7-8-17-3/h9-12H,4-8,14H2,1-3H3,(H,15,16)/t9?,10?,11-,12?/m0/s1. The van der Waals surface area contributed by atoms with Crippen molar-refractivity contribution in [1.29, 1.82) is 0 Å². The number of hydrogen-bond donors (Lipinski definition) is 2. The molecule has 1 rings (SSSR count). The van der Waals surface area contributed by atoms with Crippen molar-refractivity contribution in [3.63, 3.8) is 0 Å². The Morgan fingerprint density at radius 3 is 2.82 bits per heavy atom. The van der Waals surface area contributed by atoms with E-state index in [1.807, 2.05) is 6.26 Å². The van der Waals surface area contributed by atoms with E-state index >= 15 is 0 Å². The van der Waals surface area contributed by atoms with E-state index in [4.69, 9.17) is 5.73 Å². The van der Waals surface area contributed by atoms with Crippen LogP contribution < -0.4 is 11.1 Å². The average molecular weight is 258 g/mol. The molecule has 0 aromatic rings. The Labute approximate surface area is 109 Å². The van der Waals surface area contributed by atoms with Gasteiger partial charge in [-0.05, 0) is 36.7 Å². The van der Waals surface area contributed by atoms with Crippen LogP contribution in [0.4, 0.5) is 0 Å². The maximum Gasteiger partial charge on any atom is 0.237 e. The molecule has 3 nitrogen and oxygen atoms in total. The summed E-state index contributed by atoms with van der Waals surface area (Å²) in [6.45, 7) is 4.51. The number of nitrogens with one attached hydrogen (secondary N) is 1. The first-order valence-corrected chi connectivity index (χ1v) is 8.00. The summed E-state index contributed by atoms with van der Waals surface area (Å²) in [6, 6.07) is -0.0153. The lowest BCUT2D eigenvalue weighted by atomic mass is 9.78. The normalized spacial score (nSPS) is 30.9. The number of carbonyl (C=O) groups is 1.